The zero-order valence-corrected chi connectivity index (χ0v) is 11.3. The molecule has 1 rings (SSSR count). The maximum Gasteiger partial charge on any atom is 0.252 e. The summed E-state index contributed by atoms with van der Waals surface area (Å²) in [4.78, 5) is 12.2. The van der Waals surface area contributed by atoms with E-state index in [1.165, 1.54) is 18.2 Å². The Balaban J connectivity index is 3.02. The van der Waals surface area contributed by atoms with Crippen LogP contribution in [0.3, 0.4) is 0 Å². The van der Waals surface area contributed by atoms with Crippen molar-refractivity contribution < 1.29 is 15.1 Å². The minimum Gasteiger partial charge on any atom is -0.508 e. The molecular formula is C13H19N3O3. The van der Waals surface area contributed by atoms with E-state index in [1.54, 1.807) is 13.8 Å². The fourth-order valence-corrected chi connectivity index (χ4v) is 1.66. The summed E-state index contributed by atoms with van der Waals surface area (Å²) in [6.07, 6.45) is 0.478. The first-order valence-electron chi connectivity index (χ1n) is 5.94. The average Bonchev–Trinajstić information content (AvgIpc) is 2.37. The van der Waals surface area contributed by atoms with Crippen LogP contribution in [0.5, 0.6) is 5.75 Å². The zero-order chi connectivity index (χ0) is 14.6. The SMILES string of the molecule is CCC(C)(NC(=O)c1ccc(O)cc1C)/C(N)=N/O. The molecule has 0 saturated heterocycles. The van der Waals surface area contributed by atoms with E-state index in [9.17, 15) is 9.90 Å². The second-order valence-electron chi connectivity index (χ2n) is 4.62. The van der Waals surface area contributed by atoms with E-state index in [2.05, 4.69) is 10.5 Å². The van der Waals surface area contributed by atoms with Crippen LogP contribution in [0.25, 0.3) is 0 Å². The Bertz CT molecular complexity index is 514. The van der Waals surface area contributed by atoms with E-state index in [0.717, 1.165) is 0 Å². The minimum absolute atomic E-state index is 0.0558. The van der Waals surface area contributed by atoms with Gasteiger partial charge in [0.05, 0.1) is 5.54 Å². The third kappa shape index (κ3) is 3.15. The van der Waals surface area contributed by atoms with E-state index in [0.29, 0.717) is 17.5 Å². The predicted molar refractivity (Wildman–Crippen MR) is 72.4 cm³/mol. The molecule has 0 aliphatic carbocycles. The van der Waals surface area contributed by atoms with Crippen LogP contribution in [0, 0.1) is 6.92 Å². The number of aromatic hydroxyl groups is 1. The number of hydrogen-bond acceptors (Lipinski definition) is 4. The van der Waals surface area contributed by atoms with Gasteiger partial charge in [0.25, 0.3) is 5.91 Å². The van der Waals surface area contributed by atoms with Gasteiger partial charge in [-0.1, -0.05) is 12.1 Å². The van der Waals surface area contributed by atoms with Crippen molar-refractivity contribution >= 4 is 11.7 Å². The number of carbonyl (C=O) groups excluding carboxylic acids is 1. The Morgan fingerprint density at radius 1 is 1.53 bits per heavy atom. The van der Waals surface area contributed by atoms with Crippen LogP contribution >= 0.6 is 0 Å². The highest BCUT2D eigenvalue weighted by Gasteiger charge is 2.30. The lowest BCUT2D eigenvalue weighted by atomic mass is 9.96. The molecule has 6 nitrogen and oxygen atoms in total. The molecule has 6 heteroatoms. The highest BCUT2D eigenvalue weighted by molar-refractivity contribution is 6.00. The highest BCUT2D eigenvalue weighted by atomic mass is 16.4. The van der Waals surface area contributed by atoms with Crippen molar-refractivity contribution in [1.29, 1.82) is 0 Å². The van der Waals surface area contributed by atoms with Gasteiger partial charge in [-0.15, -0.1) is 0 Å². The Hall–Kier alpha value is -2.24. The lowest BCUT2D eigenvalue weighted by molar-refractivity contribution is 0.0924. The molecule has 5 N–H and O–H groups in total. The fraction of sp³-hybridized carbons (Fsp3) is 0.385. The molecule has 1 unspecified atom stereocenters. The summed E-state index contributed by atoms with van der Waals surface area (Å²) >= 11 is 0. The van der Waals surface area contributed by atoms with Crippen LogP contribution in [0.1, 0.15) is 36.2 Å². The molecule has 1 aromatic rings. The van der Waals surface area contributed by atoms with Crippen molar-refractivity contribution in [3.05, 3.63) is 29.3 Å². The maximum atomic E-state index is 12.2. The van der Waals surface area contributed by atoms with Crippen LogP contribution in [0.15, 0.2) is 23.4 Å². The Kier molecular flexibility index (Phi) is 4.37. The van der Waals surface area contributed by atoms with E-state index < -0.39 is 5.54 Å². The number of benzene rings is 1. The van der Waals surface area contributed by atoms with Crippen LogP contribution in [-0.4, -0.2) is 27.6 Å². The number of nitrogens with two attached hydrogens (primary N) is 1. The number of phenolic OH excluding ortho intramolecular Hbond substituents is 1. The van der Waals surface area contributed by atoms with E-state index >= 15 is 0 Å². The summed E-state index contributed by atoms with van der Waals surface area (Å²) in [5, 5.41) is 23.8. The normalized spacial score (nSPS) is 14.8. The van der Waals surface area contributed by atoms with Crippen LogP contribution < -0.4 is 11.1 Å². The maximum absolute atomic E-state index is 12.2. The number of nitrogens with one attached hydrogen (secondary N) is 1. The zero-order valence-electron chi connectivity index (χ0n) is 11.3. The number of oxime groups is 1. The van der Waals surface area contributed by atoms with E-state index in [-0.39, 0.29) is 17.5 Å². The first-order valence-corrected chi connectivity index (χ1v) is 5.94. The number of hydrogen-bond donors (Lipinski definition) is 4. The second-order valence-corrected chi connectivity index (χ2v) is 4.62. The van der Waals surface area contributed by atoms with Gasteiger partial charge in [0.15, 0.2) is 5.84 Å². The van der Waals surface area contributed by atoms with Crippen LogP contribution in [-0.2, 0) is 0 Å². The number of carbonyl (C=O) groups is 1. The molecule has 104 valence electrons. The van der Waals surface area contributed by atoms with E-state index in [4.69, 9.17) is 10.9 Å². The minimum atomic E-state index is -0.920. The number of nitrogens with zero attached hydrogens (tertiary/aromatic N) is 1. The predicted octanol–water partition coefficient (Wildman–Crippen LogP) is 1.35. The monoisotopic (exact) mass is 265 g/mol. The molecule has 19 heavy (non-hydrogen) atoms. The Labute approximate surface area is 111 Å². The molecule has 0 aromatic heterocycles. The third-order valence-electron chi connectivity index (χ3n) is 3.22. The molecule has 0 radical (unpaired) electrons. The third-order valence-corrected chi connectivity index (χ3v) is 3.22. The van der Waals surface area contributed by atoms with Gasteiger partial charge in [-0.05, 0) is 44.0 Å². The molecule has 0 aliphatic heterocycles. The number of amidine groups is 1. The molecule has 0 bridgehead atoms. The van der Waals surface area contributed by atoms with Crippen molar-refractivity contribution in [2.24, 2.45) is 10.9 Å². The van der Waals surface area contributed by atoms with Crippen molar-refractivity contribution in [1.82, 2.24) is 5.32 Å². The molecular weight excluding hydrogens is 246 g/mol. The number of phenols is 1. The number of aryl methyl sites for hydroxylation is 1. The average molecular weight is 265 g/mol. The van der Waals surface area contributed by atoms with Gasteiger partial charge in [-0.25, -0.2) is 0 Å². The first-order chi connectivity index (χ1) is 8.84. The lowest BCUT2D eigenvalue weighted by Crippen LogP contribution is -2.55. The quantitative estimate of drug-likeness (QED) is 0.285. The van der Waals surface area contributed by atoms with Gasteiger partial charge in [0.1, 0.15) is 5.75 Å². The molecule has 0 saturated carbocycles. The summed E-state index contributed by atoms with van der Waals surface area (Å²) in [5.41, 5.74) is 5.76. The van der Waals surface area contributed by atoms with Gasteiger partial charge in [0, 0.05) is 5.56 Å². The van der Waals surface area contributed by atoms with Crippen molar-refractivity contribution in [2.75, 3.05) is 0 Å². The topological polar surface area (TPSA) is 108 Å². The smallest absolute Gasteiger partial charge is 0.252 e. The standard InChI is InChI=1S/C13H19N3O3/c1-4-13(3,12(14)16-19)15-11(18)10-6-5-9(17)7-8(10)2/h5-7,17,19H,4H2,1-3H3,(H2,14,16)(H,15,18). The Morgan fingerprint density at radius 3 is 2.63 bits per heavy atom. The molecule has 0 spiro atoms. The number of rotatable bonds is 4. The number of amides is 1. The second kappa shape index (κ2) is 5.60. The molecule has 1 aromatic carbocycles. The first kappa shape index (κ1) is 14.8. The fourth-order valence-electron chi connectivity index (χ4n) is 1.66. The van der Waals surface area contributed by atoms with Gasteiger partial charge in [0.2, 0.25) is 0 Å². The summed E-state index contributed by atoms with van der Waals surface area (Å²) in [6, 6.07) is 4.47. The lowest BCUT2D eigenvalue weighted by Gasteiger charge is -2.28. The highest BCUT2D eigenvalue weighted by Crippen LogP contribution is 2.17. The molecule has 0 heterocycles. The molecule has 0 fully saturated rings. The molecule has 1 atom stereocenters. The molecule has 1 amide bonds. The van der Waals surface area contributed by atoms with Crippen LogP contribution in [0.2, 0.25) is 0 Å². The summed E-state index contributed by atoms with van der Waals surface area (Å²) in [6.45, 7) is 5.22. The van der Waals surface area contributed by atoms with Crippen molar-refractivity contribution in [3.63, 3.8) is 0 Å². The van der Waals surface area contributed by atoms with Gasteiger partial charge in [-0.3, -0.25) is 4.79 Å². The van der Waals surface area contributed by atoms with Crippen molar-refractivity contribution in [3.8, 4) is 5.75 Å². The van der Waals surface area contributed by atoms with Crippen LogP contribution in [0.4, 0.5) is 0 Å². The summed E-state index contributed by atoms with van der Waals surface area (Å²) in [7, 11) is 0. The van der Waals surface area contributed by atoms with Gasteiger partial charge >= 0.3 is 0 Å². The summed E-state index contributed by atoms with van der Waals surface area (Å²) in [5.74, 6) is -0.294. The largest absolute Gasteiger partial charge is 0.508 e. The van der Waals surface area contributed by atoms with Gasteiger partial charge < -0.3 is 21.4 Å². The summed E-state index contributed by atoms with van der Waals surface area (Å²) < 4.78 is 0. The Morgan fingerprint density at radius 2 is 2.16 bits per heavy atom. The van der Waals surface area contributed by atoms with Crippen molar-refractivity contribution in [2.45, 2.75) is 32.7 Å². The molecule has 0 aliphatic rings. The van der Waals surface area contributed by atoms with E-state index in [1.807, 2.05) is 6.92 Å². The van der Waals surface area contributed by atoms with Gasteiger partial charge in [-0.2, -0.15) is 0 Å².